The summed E-state index contributed by atoms with van der Waals surface area (Å²) in [5.41, 5.74) is 5.60. The molecule has 1 heterocycles. The Morgan fingerprint density at radius 1 is 1.22 bits per heavy atom. The van der Waals surface area contributed by atoms with Crippen LogP contribution in [0.4, 0.5) is 0 Å². The first-order valence-corrected chi connectivity index (χ1v) is 7.48. The molecule has 3 heteroatoms. The molecule has 0 aromatic rings. The lowest BCUT2D eigenvalue weighted by Crippen LogP contribution is -2.32. The molecule has 1 aliphatic rings. The van der Waals surface area contributed by atoms with Crippen LogP contribution in [0.1, 0.15) is 51.9 Å². The third-order valence-electron chi connectivity index (χ3n) is 3.44. The van der Waals surface area contributed by atoms with E-state index < -0.39 is 0 Å². The van der Waals surface area contributed by atoms with Gasteiger partial charge in [-0.3, -0.25) is 4.99 Å². The highest BCUT2D eigenvalue weighted by atomic mass is 15.2. The number of nitrogens with two attached hydrogens (primary N) is 1. The minimum atomic E-state index is 0.740. The molecule has 1 rings (SSSR count). The summed E-state index contributed by atoms with van der Waals surface area (Å²) < 4.78 is 0. The molecule has 0 aromatic heterocycles. The molecule has 3 nitrogen and oxygen atoms in total. The number of aliphatic imine (C=N–C) groups is 1. The highest BCUT2D eigenvalue weighted by Gasteiger charge is 2.14. The van der Waals surface area contributed by atoms with E-state index in [4.69, 9.17) is 5.73 Å². The molecule has 1 aliphatic heterocycles. The fraction of sp³-hybridized carbons (Fsp3) is 0.800. The Balaban J connectivity index is 1.97. The third-order valence-corrected chi connectivity index (χ3v) is 3.44. The fourth-order valence-corrected chi connectivity index (χ4v) is 2.40. The van der Waals surface area contributed by atoms with Crippen molar-refractivity contribution in [3.8, 4) is 0 Å². The van der Waals surface area contributed by atoms with E-state index in [1.807, 2.05) is 0 Å². The average molecular weight is 251 g/mol. The van der Waals surface area contributed by atoms with Crippen LogP contribution < -0.4 is 5.73 Å². The van der Waals surface area contributed by atoms with Gasteiger partial charge in [0, 0.05) is 26.1 Å². The van der Waals surface area contributed by atoms with Crippen LogP contribution in [0.25, 0.3) is 0 Å². The SMILES string of the molecule is C/C=C/CCCCCCCC1=NCCN1CCN. The molecular weight excluding hydrogens is 222 g/mol. The van der Waals surface area contributed by atoms with Gasteiger partial charge in [-0.05, 0) is 26.2 Å². The van der Waals surface area contributed by atoms with Crippen LogP contribution >= 0.6 is 0 Å². The summed E-state index contributed by atoms with van der Waals surface area (Å²) >= 11 is 0. The van der Waals surface area contributed by atoms with Crippen molar-refractivity contribution >= 4 is 5.84 Å². The summed E-state index contributed by atoms with van der Waals surface area (Å²) in [7, 11) is 0. The minimum absolute atomic E-state index is 0.740. The van der Waals surface area contributed by atoms with Crippen molar-refractivity contribution in [2.45, 2.75) is 51.9 Å². The highest BCUT2D eigenvalue weighted by molar-refractivity contribution is 5.83. The molecule has 104 valence electrons. The predicted molar refractivity (Wildman–Crippen MR) is 80.1 cm³/mol. The van der Waals surface area contributed by atoms with Gasteiger partial charge >= 0.3 is 0 Å². The van der Waals surface area contributed by atoms with Crippen LogP contribution in [0.3, 0.4) is 0 Å². The zero-order valence-corrected chi connectivity index (χ0v) is 11.9. The van der Waals surface area contributed by atoms with Crippen LogP contribution in [-0.2, 0) is 0 Å². The molecule has 0 aromatic carbocycles. The smallest absolute Gasteiger partial charge is 0.0990 e. The second-order valence-electron chi connectivity index (χ2n) is 4.95. The molecule has 0 atom stereocenters. The van der Waals surface area contributed by atoms with Gasteiger partial charge in [0.2, 0.25) is 0 Å². The Kier molecular flexibility index (Phi) is 8.57. The first-order chi connectivity index (χ1) is 8.88. The van der Waals surface area contributed by atoms with Crippen LogP contribution in [-0.4, -0.2) is 36.9 Å². The zero-order chi connectivity index (χ0) is 13.1. The Labute approximate surface area is 112 Å². The highest BCUT2D eigenvalue weighted by Crippen LogP contribution is 2.11. The quantitative estimate of drug-likeness (QED) is 0.479. The second-order valence-corrected chi connectivity index (χ2v) is 4.95. The van der Waals surface area contributed by atoms with E-state index in [9.17, 15) is 0 Å². The molecule has 0 unspecified atom stereocenters. The van der Waals surface area contributed by atoms with E-state index in [1.165, 1.54) is 44.4 Å². The summed E-state index contributed by atoms with van der Waals surface area (Å²) in [5.74, 6) is 1.30. The van der Waals surface area contributed by atoms with Crippen molar-refractivity contribution < 1.29 is 0 Å². The average Bonchev–Trinajstić information content (AvgIpc) is 2.81. The molecule has 0 fully saturated rings. The Bertz CT molecular complexity index is 258. The lowest BCUT2D eigenvalue weighted by Gasteiger charge is -2.19. The summed E-state index contributed by atoms with van der Waals surface area (Å²) in [5, 5.41) is 0. The zero-order valence-electron chi connectivity index (χ0n) is 11.9. The van der Waals surface area contributed by atoms with Gasteiger partial charge < -0.3 is 10.6 Å². The van der Waals surface area contributed by atoms with Crippen molar-refractivity contribution in [1.82, 2.24) is 4.90 Å². The van der Waals surface area contributed by atoms with Crippen LogP contribution in [0.2, 0.25) is 0 Å². The first kappa shape index (κ1) is 15.2. The molecule has 0 bridgehead atoms. The molecule has 0 saturated carbocycles. The molecule has 0 radical (unpaired) electrons. The maximum absolute atomic E-state index is 5.60. The Morgan fingerprint density at radius 2 is 2.00 bits per heavy atom. The largest absolute Gasteiger partial charge is 0.357 e. The molecule has 0 saturated heterocycles. The maximum Gasteiger partial charge on any atom is 0.0990 e. The standard InChI is InChI=1S/C15H29N3/c1-2-3-4-5-6-7-8-9-10-15-17-12-14-18(15)13-11-16/h2-3H,4-14,16H2,1H3/b3-2+. The molecular formula is C15H29N3. The number of hydrogen-bond donors (Lipinski definition) is 1. The van der Waals surface area contributed by atoms with E-state index in [0.29, 0.717) is 0 Å². The van der Waals surface area contributed by atoms with Gasteiger partial charge in [-0.25, -0.2) is 0 Å². The summed E-state index contributed by atoms with van der Waals surface area (Å²) in [6.45, 7) is 5.86. The second kappa shape index (κ2) is 10.1. The van der Waals surface area contributed by atoms with Crippen molar-refractivity contribution in [3.05, 3.63) is 12.2 Å². The third kappa shape index (κ3) is 6.20. The first-order valence-electron chi connectivity index (χ1n) is 7.48. The van der Waals surface area contributed by atoms with Crippen molar-refractivity contribution in [2.75, 3.05) is 26.2 Å². The summed E-state index contributed by atoms with van der Waals surface area (Å²) in [6, 6.07) is 0. The molecule has 0 amide bonds. The van der Waals surface area contributed by atoms with Crippen molar-refractivity contribution in [2.24, 2.45) is 10.7 Å². The van der Waals surface area contributed by atoms with E-state index in [1.54, 1.807) is 0 Å². The minimum Gasteiger partial charge on any atom is -0.357 e. The van der Waals surface area contributed by atoms with Crippen molar-refractivity contribution in [1.29, 1.82) is 0 Å². The number of unbranched alkanes of at least 4 members (excludes halogenated alkanes) is 5. The molecule has 0 aliphatic carbocycles. The van der Waals surface area contributed by atoms with E-state index in [0.717, 1.165) is 32.6 Å². The number of allylic oxidation sites excluding steroid dienone is 2. The lowest BCUT2D eigenvalue weighted by atomic mass is 10.1. The van der Waals surface area contributed by atoms with Crippen LogP contribution in [0.5, 0.6) is 0 Å². The Morgan fingerprint density at radius 3 is 2.78 bits per heavy atom. The Hall–Kier alpha value is -0.830. The number of nitrogens with zero attached hydrogens (tertiary/aromatic N) is 2. The maximum atomic E-state index is 5.60. The van der Waals surface area contributed by atoms with Gasteiger partial charge in [0.25, 0.3) is 0 Å². The summed E-state index contributed by atoms with van der Waals surface area (Å²) in [6.07, 6.45) is 13.5. The lowest BCUT2D eigenvalue weighted by molar-refractivity contribution is 0.456. The fourth-order valence-electron chi connectivity index (χ4n) is 2.40. The monoisotopic (exact) mass is 251 g/mol. The normalized spacial score (nSPS) is 15.7. The van der Waals surface area contributed by atoms with E-state index >= 15 is 0 Å². The molecule has 0 spiro atoms. The van der Waals surface area contributed by atoms with E-state index in [2.05, 4.69) is 29.0 Å². The van der Waals surface area contributed by atoms with Gasteiger partial charge in [-0.1, -0.05) is 31.4 Å². The van der Waals surface area contributed by atoms with Gasteiger partial charge in [0.1, 0.15) is 0 Å². The summed E-state index contributed by atoms with van der Waals surface area (Å²) in [4.78, 5) is 6.93. The topological polar surface area (TPSA) is 41.6 Å². The predicted octanol–water partition coefficient (Wildman–Crippen LogP) is 2.97. The van der Waals surface area contributed by atoms with Gasteiger partial charge in [-0.15, -0.1) is 0 Å². The molecule has 18 heavy (non-hydrogen) atoms. The number of hydrogen-bond acceptors (Lipinski definition) is 3. The van der Waals surface area contributed by atoms with Gasteiger partial charge in [0.15, 0.2) is 0 Å². The van der Waals surface area contributed by atoms with Gasteiger partial charge in [0.05, 0.1) is 12.4 Å². The van der Waals surface area contributed by atoms with Crippen molar-refractivity contribution in [3.63, 3.8) is 0 Å². The van der Waals surface area contributed by atoms with E-state index in [-0.39, 0.29) is 0 Å². The number of amidine groups is 1. The molecule has 2 N–H and O–H groups in total. The number of rotatable bonds is 10. The van der Waals surface area contributed by atoms with Gasteiger partial charge in [-0.2, -0.15) is 0 Å². The van der Waals surface area contributed by atoms with Crippen LogP contribution in [0.15, 0.2) is 17.1 Å². The van der Waals surface area contributed by atoms with Crippen LogP contribution in [0, 0.1) is 0 Å².